The Bertz CT molecular complexity index is 1530. The van der Waals surface area contributed by atoms with Gasteiger partial charge in [-0.25, -0.2) is 4.98 Å². The van der Waals surface area contributed by atoms with Crippen molar-refractivity contribution in [2.24, 2.45) is 0 Å². The number of imidazole rings is 1. The van der Waals surface area contributed by atoms with E-state index in [1.165, 1.54) is 0 Å². The number of fused-ring (bicyclic) bond motifs is 1. The van der Waals surface area contributed by atoms with Crippen molar-refractivity contribution in [1.29, 1.82) is 0 Å². The highest BCUT2D eigenvalue weighted by Crippen LogP contribution is 2.33. The van der Waals surface area contributed by atoms with Gasteiger partial charge in [0.1, 0.15) is 17.8 Å². The van der Waals surface area contributed by atoms with Crippen LogP contribution >= 0.6 is 0 Å². The molecule has 0 fully saturated rings. The third-order valence-corrected chi connectivity index (χ3v) is 6.82. The molecule has 1 aromatic carbocycles. The van der Waals surface area contributed by atoms with Crippen molar-refractivity contribution in [1.82, 2.24) is 19.7 Å². The summed E-state index contributed by atoms with van der Waals surface area (Å²) in [5.41, 5.74) is 8.58. The lowest BCUT2D eigenvalue weighted by Gasteiger charge is -2.15. The van der Waals surface area contributed by atoms with Gasteiger partial charge in [-0.1, -0.05) is 27.2 Å². The zero-order chi connectivity index (χ0) is 26.9. The quantitative estimate of drug-likeness (QED) is 0.328. The Balaban J connectivity index is 1.79. The predicted molar refractivity (Wildman–Crippen MR) is 148 cm³/mol. The van der Waals surface area contributed by atoms with Gasteiger partial charge >= 0.3 is 0 Å². The van der Waals surface area contributed by atoms with E-state index < -0.39 is 0 Å². The molecule has 0 saturated heterocycles. The second-order valence-corrected chi connectivity index (χ2v) is 10.0. The fourth-order valence-electron chi connectivity index (χ4n) is 4.94. The van der Waals surface area contributed by atoms with Gasteiger partial charge < -0.3 is 15.0 Å². The Hall–Kier alpha value is -3.87. The van der Waals surface area contributed by atoms with E-state index in [4.69, 9.17) is 4.74 Å². The molecule has 0 unspecified atom stereocenters. The summed E-state index contributed by atoms with van der Waals surface area (Å²) in [5.74, 6) is 0.765. The number of hydrogen-bond donors (Lipinski definition) is 2. The standard InChI is InChI=1S/C30H36N4O3/c1-8-9-21-12-20(6)33-29(35)24(21)15-31-30(36)26-14-22(13-25-28(17(2)3)32-16-34(25)26)23-10-19(5)27(37-7)11-18(23)4/h10-14,16-17H,8-9,15H2,1-7H3,(H,31,36)(H,33,35). The van der Waals surface area contributed by atoms with E-state index in [1.54, 1.807) is 13.4 Å². The molecule has 1 amide bonds. The summed E-state index contributed by atoms with van der Waals surface area (Å²) in [6.07, 6.45) is 3.40. The van der Waals surface area contributed by atoms with Crippen LogP contribution in [0.2, 0.25) is 0 Å². The molecule has 0 radical (unpaired) electrons. The van der Waals surface area contributed by atoms with Crippen LogP contribution in [0.5, 0.6) is 5.75 Å². The van der Waals surface area contributed by atoms with Gasteiger partial charge in [0.25, 0.3) is 11.5 Å². The smallest absolute Gasteiger partial charge is 0.268 e. The van der Waals surface area contributed by atoms with Crippen molar-refractivity contribution in [3.63, 3.8) is 0 Å². The minimum Gasteiger partial charge on any atom is -0.496 e. The highest BCUT2D eigenvalue weighted by atomic mass is 16.5. The van der Waals surface area contributed by atoms with E-state index in [-0.39, 0.29) is 23.9 Å². The summed E-state index contributed by atoms with van der Waals surface area (Å²) >= 11 is 0. The first-order chi connectivity index (χ1) is 17.6. The molecule has 0 atom stereocenters. The number of aromatic amines is 1. The molecule has 37 heavy (non-hydrogen) atoms. The predicted octanol–water partition coefficient (Wildman–Crippen LogP) is 5.63. The number of aryl methyl sites for hydroxylation is 4. The molecular weight excluding hydrogens is 464 g/mol. The van der Waals surface area contributed by atoms with Crippen molar-refractivity contribution in [3.8, 4) is 16.9 Å². The highest BCUT2D eigenvalue weighted by Gasteiger charge is 2.19. The minimum absolute atomic E-state index is 0.155. The summed E-state index contributed by atoms with van der Waals surface area (Å²) in [6.45, 7) is 12.3. The number of benzene rings is 1. The molecule has 4 aromatic rings. The van der Waals surface area contributed by atoms with E-state index in [0.717, 1.165) is 63.3 Å². The lowest BCUT2D eigenvalue weighted by atomic mass is 9.96. The second kappa shape index (κ2) is 10.6. The van der Waals surface area contributed by atoms with Crippen LogP contribution in [0.3, 0.4) is 0 Å². The topological polar surface area (TPSA) is 88.5 Å². The fourth-order valence-corrected chi connectivity index (χ4v) is 4.94. The van der Waals surface area contributed by atoms with Crippen molar-refractivity contribution in [2.75, 3.05) is 7.11 Å². The van der Waals surface area contributed by atoms with Crippen molar-refractivity contribution in [3.05, 3.63) is 86.3 Å². The van der Waals surface area contributed by atoms with Gasteiger partial charge in [0, 0.05) is 17.8 Å². The first-order valence-corrected chi connectivity index (χ1v) is 12.8. The van der Waals surface area contributed by atoms with Crippen LogP contribution in [0.4, 0.5) is 0 Å². The average molecular weight is 501 g/mol. The number of hydrogen-bond acceptors (Lipinski definition) is 4. The molecule has 2 N–H and O–H groups in total. The lowest BCUT2D eigenvalue weighted by Crippen LogP contribution is -2.29. The van der Waals surface area contributed by atoms with Crippen LogP contribution in [-0.4, -0.2) is 27.4 Å². The lowest BCUT2D eigenvalue weighted by molar-refractivity contribution is 0.0944. The van der Waals surface area contributed by atoms with E-state index in [0.29, 0.717) is 11.3 Å². The van der Waals surface area contributed by atoms with Crippen LogP contribution in [-0.2, 0) is 13.0 Å². The number of rotatable bonds is 8. The number of aromatic nitrogens is 3. The van der Waals surface area contributed by atoms with Crippen molar-refractivity contribution >= 4 is 11.4 Å². The molecule has 4 rings (SSSR count). The maximum Gasteiger partial charge on any atom is 0.268 e. The van der Waals surface area contributed by atoms with E-state index >= 15 is 0 Å². The number of ether oxygens (including phenoxy) is 1. The molecule has 7 heteroatoms. The van der Waals surface area contributed by atoms with Crippen LogP contribution in [0.1, 0.15) is 77.2 Å². The zero-order valence-electron chi connectivity index (χ0n) is 22.8. The van der Waals surface area contributed by atoms with Gasteiger partial charge in [-0.05, 0) is 91.3 Å². The van der Waals surface area contributed by atoms with Gasteiger partial charge in [-0.15, -0.1) is 0 Å². The number of amides is 1. The van der Waals surface area contributed by atoms with Gasteiger partial charge in [-0.3, -0.25) is 14.0 Å². The van der Waals surface area contributed by atoms with Crippen molar-refractivity contribution in [2.45, 2.75) is 66.8 Å². The normalized spacial score (nSPS) is 11.4. The summed E-state index contributed by atoms with van der Waals surface area (Å²) in [5, 5.41) is 3.00. The van der Waals surface area contributed by atoms with Crippen LogP contribution in [0, 0.1) is 20.8 Å². The Morgan fingerprint density at radius 1 is 1.11 bits per heavy atom. The molecule has 3 aromatic heterocycles. The molecule has 3 heterocycles. The Morgan fingerprint density at radius 3 is 2.54 bits per heavy atom. The molecule has 7 nitrogen and oxygen atoms in total. The summed E-state index contributed by atoms with van der Waals surface area (Å²) in [6, 6.07) is 10.1. The van der Waals surface area contributed by atoms with Gasteiger partial charge in [0.2, 0.25) is 0 Å². The van der Waals surface area contributed by atoms with E-state index in [2.05, 4.69) is 48.2 Å². The number of nitrogens with one attached hydrogen (secondary N) is 2. The SMILES string of the molecule is CCCc1cc(C)[nH]c(=O)c1CNC(=O)c1cc(-c2cc(C)c(OC)cc2C)cc2c(C(C)C)ncn12. The zero-order valence-corrected chi connectivity index (χ0v) is 22.8. The summed E-state index contributed by atoms with van der Waals surface area (Å²) in [7, 11) is 1.67. The molecule has 194 valence electrons. The number of H-pyrrole nitrogens is 1. The first-order valence-electron chi connectivity index (χ1n) is 12.8. The van der Waals surface area contributed by atoms with Crippen LogP contribution in [0.15, 0.2) is 41.5 Å². The summed E-state index contributed by atoms with van der Waals surface area (Å²) < 4.78 is 7.34. The molecule has 0 saturated carbocycles. The second-order valence-electron chi connectivity index (χ2n) is 10.0. The molecule has 0 aliphatic rings. The molecular formula is C30H36N4O3. The number of pyridine rings is 2. The average Bonchev–Trinajstić information content (AvgIpc) is 3.28. The fraction of sp³-hybridized carbons (Fsp3) is 0.367. The van der Waals surface area contributed by atoms with Crippen LogP contribution in [0.25, 0.3) is 16.6 Å². The first kappa shape index (κ1) is 26.2. The monoisotopic (exact) mass is 500 g/mol. The Labute approximate surface area is 217 Å². The third-order valence-electron chi connectivity index (χ3n) is 6.82. The van der Waals surface area contributed by atoms with Gasteiger partial charge in [-0.2, -0.15) is 0 Å². The Kier molecular flexibility index (Phi) is 7.52. The maximum absolute atomic E-state index is 13.6. The van der Waals surface area contributed by atoms with E-state index in [1.807, 2.05) is 43.4 Å². The minimum atomic E-state index is -0.259. The number of methoxy groups -OCH3 is 1. The summed E-state index contributed by atoms with van der Waals surface area (Å²) in [4.78, 5) is 33.8. The number of carbonyl (C=O) groups excluding carboxylic acids is 1. The maximum atomic E-state index is 13.6. The Morgan fingerprint density at radius 2 is 1.86 bits per heavy atom. The molecule has 0 spiro atoms. The largest absolute Gasteiger partial charge is 0.496 e. The number of nitrogens with zero attached hydrogens (tertiary/aromatic N) is 2. The third kappa shape index (κ3) is 5.17. The molecule has 0 bridgehead atoms. The molecule has 0 aliphatic carbocycles. The van der Waals surface area contributed by atoms with Crippen LogP contribution < -0.4 is 15.6 Å². The highest BCUT2D eigenvalue weighted by molar-refractivity contribution is 5.95. The van der Waals surface area contributed by atoms with Gasteiger partial charge in [0.05, 0.1) is 18.3 Å². The van der Waals surface area contributed by atoms with Gasteiger partial charge in [0.15, 0.2) is 0 Å². The number of carbonyl (C=O) groups is 1. The molecule has 0 aliphatic heterocycles. The van der Waals surface area contributed by atoms with E-state index in [9.17, 15) is 9.59 Å². The van der Waals surface area contributed by atoms with Crippen molar-refractivity contribution < 1.29 is 9.53 Å².